The Morgan fingerprint density at radius 1 is 1.29 bits per heavy atom. The van der Waals surface area contributed by atoms with E-state index in [-0.39, 0.29) is 5.60 Å². The minimum Gasteiger partial charge on any atom is -0.441 e. The van der Waals surface area contributed by atoms with Gasteiger partial charge in [0.2, 0.25) is 0 Å². The van der Waals surface area contributed by atoms with Crippen molar-refractivity contribution in [1.29, 1.82) is 0 Å². The molecular weight excluding hydrogens is 176 g/mol. The average Bonchev–Trinajstić information content (AvgIpc) is 2.02. The highest BCUT2D eigenvalue weighted by Crippen LogP contribution is 2.05. The van der Waals surface area contributed by atoms with Crippen LogP contribution in [0.3, 0.4) is 0 Å². The topological polar surface area (TPSA) is 29.5 Å². The lowest BCUT2D eigenvalue weighted by Gasteiger charge is -2.14. The van der Waals surface area contributed by atoms with Crippen LogP contribution in [-0.2, 0) is 4.74 Å². The molecule has 1 N–H and O–H groups in total. The average molecular weight is 198 g/mol. The molecule has 0 fully saturated rings. The first-order valence-electron chi connectivity index (χ1n) is 5.32. The molecule has 14 heavy (non-hydrogen) atoms. The van der Waals surface area contributed by atoms with Crippen LogP contribution in [0.4, 0.5) is 0 Å². The number of unbranched alkanes of at least 4 members (excludes halogenated alkanes) is 2. The normalized spacial score (nSPS) is 12.9. The van der Waals surface area contributed by atoms with Gasteiger partial charge in [0.25, 0.3) is 0 Å². The molecule has 0 aromatic carbocycles. The third-order valence-electron chi connectivity index (χ3n) is 1.66. The van der Waals surface area contributed by atoms with Crippen LogP contribution in [-0.4, -0.2) is 16.8 Å². The van der Waals surface area contributed by atoms with Gasteiger partial charge in [-0.15, -0.1) is 0 Å². The van der Waals surface area contributed by atoms with E-state index in [1.807, 2.05) is 20.8 Å². The zero-order chi connectivity index (χ0) is 11.0. The van der Waals surface area contributed by atoms with Gasteiger partial charge in [0.15, 0.2) is 0 Å². The fourth-order valence-corrected chi connectivity index (χ4v) is 0.910. The molecule has 0 aliphatic rings. The molecule has 0 saturated heterocycles. The molecule has 0 aromatic rings. The van der Waals surface area contributed by atoms with Crippen molar-refractivity contribution < 1.29 is 9.84 Å². The molecule has 0 aromatic heterocycles. The van der Waals surface area contributed by atoms with Crippen LogP contribution in [0.25, 0.3) is 0 Å². The van der Waals surface area contributed by atoms with Crippen LogP contribution in [0.2, 0.25) is 0 Å². The summed E-state index contributed by atoms with van der Waals surface area (Å²) < 4.78 is 5.19. The van der Waals surface area contributed by atoms with E-state index in [0.29, 0.717) is 0 Å². The third-order valence-corrected chi connectivity index (χ3v) is 1.66. The summed E-state index contributed by atoms with van der Waals surface area (Å²) in [5, 5.41) is 9.42. The van der Waals surface area contributed by atoms with Crippen molar-refractivity contribution in [2.24, 2.45) is 0 Å². The summed E-state index contributed by atoms with van der Waals surface area (Å²) in [6.07, 6.45) is 6.10. The van der Waals surface area contributed by atoms with E-state index in [1.54, 1.807) is 0 Å². The van der Waals surface area contributed by atoms with Gasteiger partial charge in [-0.3, -0.25) is 0 Å². The fraction of sp³-hybridized carbons (Fsp3) is 0.833. The van der Waals surface area contributed by atoms with Crippen LogP contribution in [0.5, 0.6) is 0 Å². The Labute approximate surface area is 87.7 Å². The molecule has 0 saturated carbocycles. The molecule has 0 spiro atoms. The van der Waals surface area contributed by atoms with Gasteiger partial charge in [0, 0.05) is 0 Å². The van der Waals surface area contributed by atoms with E-state index in [9.17, 15) is 5.11 Å². The fourth-order valence-electron chi connectivity index (χ4n) is 0.910. The lowest BCUT2D eigenvalue weighted by Crippen LogP contribution is -2.16. The maximum atomic E-state index is 9.42. The number of rotatable bonds is 4. The lowest BCUT2D eigenvalue weighted by molar-refractivity contribution is 0.0948. The highest BCUT2D eigenvalue weighted by atomic mass is 16.5. The molecule has 1 unspecified atom stereocenters. The minimum absolute atomic E-state index is 0.254. The molecule has 82 valence electrons. The molecule has 1 atom stereocenters. The summed E-state index contributed by atoms with van der Waals surface area (Å²) in [6.45, 7) is 7.95. The largest absolute Gasteiger partial charge is 0.441 e. The van der Waals surface area contributed by atoms with E-state index < -0.39 is 6.10 Å². The molecule has 0 rings (SSSR count). The van der Waals surface area contributed by atoms with Crippen molar-refractivity contribution >= 4 is 0 Å². The third kappa shape index (κ3) is 9.41. The molecule has 0 heterocycles. The van der Waals surface area contributed by atoms with Crippen molar-refractivity contribution in [1.82, 2.24) is 0 Å². The second-order valence-corrected chi connectivity index (χ2v) is 4.47. The zero-order valence-electron chi connectivity index (χ0n) is 9.76. The van der Waals surface area contributed by atoms with Gasteiger partial charge in [-0.2, -0.15) is 0 Å². The second kappa shape index (κ2) is 6.73. The highest BCUT2D eigenvalue weighted by Gasteiger charge is 2.08. The van der Waals surface area contributed by atoms with Gasteiger partial charge in [0.1, 0.15) is 17.8 Å². The van der Waals surface area contributed by atoms with E-state index in [0.717, 1.165) is 19.3 Å². The Hall–Kier alpha value is -0.680. The summed E-state index contributed by atoms with van der Waals surface area (Å²) in [5.41, 5.74) is -0.254. The highest BCUT2D eigenvalue weighted by molar-refractivity contribution is 4.99. The van der Waals surface area contributed by atoms with Crippen LogP contribution >= 0.6 is 0 Å². The van der Waals surface area contributed by atoms with E-state index in [4.69, 9.17) is 4.74 Å². The number of aliphatic hydroxyl groups is 1. The molecular formula is C12H22O2. The Morgan fingerprint density at radius 3 is 2.43 bits per heavy atom. The van der Waals surface area contributed by atoms with Crippen molar-refractivity contribution in [2.45, 2.75) is 65.1 Å². The summed E-state index contributed by atoms with van der Waals surface area (Å²) >= 11 is 0. The van der Waals surface area contributed by atoms with E-state index in [2.05, 4.69) is 19.0 Å². The van der Waals surface area contributed by atoms with Gasteiger partial charge in [-0.1, -0.05) is 19.8 Å². The molecule has 0 amide bonds. The Bertz CT molecular complexity index is 193. The second-order valence-electron chi connectivity index (χ2n) is 4.47. The molecule has 2 heteroatoms. The summed E-state index contributed by atoms with van der Waals surface area (Å²) in [7, 11) is 0. The van der Waals surface area contributed by atoms with Crippen LogP contribution in [0.1, 0.15) is 53.4 Å². The van der Waals surface area contributed by atoms with Crippen molar-refractivity contribution in [2.75, 3.05) is 0 Å². The van der Waals surface area contributed by atoms with Gasteiger partial charge >= 0.3 is 0 Å². The first kappa shape index (κ1) is 13.3. The smallest absolute Gasteiger partial charge is 0.118 e. The number of aliphatic hydroxyl groups excluding tert-OH is 1. The molecule has 0 bridgehead atoms. The Kier molecular flexibility index (Phi) is 6.40. The van der Waals surface area contributed by atoms with Crippen molar-refractivity contribution in [3.05, 3.63) is 0 Å². The zero-order valence-corrected chi connectivity index (χ0v) is 9.76. The Morgan fingerprint density at radius 2 is 1.93 bits per heavy atom. The molecule has 0 aliphatic heterocycles. The quantitative estimate of drug-likeness (QED) is 0.556. The first-order valence-corrected chi connectivity index (χ1v) is 5.32. The summed E-state index contributed by atoms with van der Waals surface area (Å²) in [6, 6.07) is 0. The first-order chi connectivity index (χ1) is 6.45. The summed E-state index contributed by atoms with van der Waals surface area (Å²) in [5.74, 6) is 2.68. The maximum Gasteiger partial charge on any atom is 0.118 e. The minimum atomic E-state index is -0.538. The SMILES string of the molecule is CCCCCC(O)C#COC(C)(C)C. The predicted octanol–water partition coefficient (Wildman–Crippen LogP) is 2.70. The monoisotopic (exact) mass is 198 g/mol. The Balaban J connectivity index is 3.64. The van der Waals surface area contributed by atoms with Gasteiger partial charge in [-0.05, 0) is 39.5 Å². The van der Waals surface area contributed by atoms with Crippen LogP contribution in [0.15, 0.2) is 0 Å². The van der Waals surface area contributed by atoms with Crippen LogP contribution in [0, 0.1) is 12.0 Å². The maximum absolute atomic E-state index is 9.42. The van der Waals surface area contributed by atoms with Gasteiger partial charge in [0.05, 0.1) is 0 Å². The summed E-state index contributed by atoms with van der Waals surface area (Å²) in [4.78, 5) is 0. The van der Waals surface area contributed by atoms with Crippen molar-refractivity contribution in [3.63, 3.8) is 0 Å². The lowest BCUT2D eigenvalue weighted by atomic mass is 10.1. The number of ether oxygens (including phenoxy) is 1. The predicted molar refractivity (Wildman–Crippen MR) is 58.8 cm³/mol. The molecule has 0 aliphatic carbocycles. The molecule has 0 radical (unpaired) electrons. The van der Waals surface area contributed by atoms with Gasteiger partial charge < -0.3 is 9.84 Å². The van der Waals surface area contributed by atoms with Crippen LogP contribution < -0.4 is 0 Å². The standard InChI is InChI=1S/C12H22O2/c1-5-6-7-8-11(13)9-10-14-12(2,3)4/h11,13H,5-8H2,1-4H3. The number of hydrogen-bond acceptors (Lipinski definition) is 2. The van der Waals surface area contributed by atoms with E-state index in [1.165, 1.54) is 6.42 Å². The molecule has 2 nitrogen and oxygen atoms in total. The van der Waals surface area contributed by atoms with Crippen molar-refractivity contribution in [3.8, 4) is 12.0 Å². The van der Waals surface area contributed by atoms with Gasteiger partial charge in [-0.25, -0.2) is 0 Å². The number of hydrogen-bond donors (Lipinski definition) is 1. The van der Waals surface area contributed by atoms with E-state index >= 15 is 0 Å².